The Bertz CT molecular complexity index is 446. The molecule has 1 aromatic rings. The molecule has 0 unspecified atom stereocenters. The minimum atomic E-state index is -0.442. The average Bonchev–Trinajstić information content (AvgIpc) is 2.30. The van der Waals surface area contributed by atoms with E-state index in [0.717, 1.165) is 0 Å². The van der Waals surface area contributed by atoms with Crippen molar-refractivity contribution in [2.24, 2.45) is 0 Å². The number of anilines is 1. The van der Waals surface area contributed by atoms with E-state index in [0.29, 0.717) is 29.1 Å². The Morgan fingerprint density at radius 2 is 2.31 bits per heavy atom. The van der Waals surface area contributed by atoms with Crippen molar-refractivity contribution in [2.45, 2.75) is 6.42 Å². The lowest BCUT2D eigenvalue weighted by Gasteiger charge is -2.03. The summed E-state index contributed by atoms with van der Waals surface area (Å²) >= 11 is 5.51. The number of hydrogen-bond acceptors (Lipinski definition) is 3. The smallest absolute Gasteiger partial charge is 0.339 e. The highest BCUT2D eigenvalue weighted by Gasteiger charge is 2.10. The zero-order chi connectivity index (χ0) is 12.0. The summed E-state index contributed by atoms with van der Waals surface area (Å²) in [5.41, 5.74) is 7.08. The van der Waals surface area contributed by atoms with Gasteiger partial charge in [-0.2, -0.15) is 0 Å². The number of esters is 1. The van der Waals surface area contributed by atoms with E-state index >= 15 is 0 Å². The molecule has 1 rings (SSSR count). The molecule has 0 radical (unpaired) electrons. The van der Waals surface area contributed by atoms with Gasteiger partial charge in [-0.1, -0.05) is 11.8 Å². The Hall–Kier alpha value is -1.66. The number of methoxy groups -OCH3 is 1. The Balaban J connectivity index is 3.09. The second-order valence-electron chi connectivity index (χ2n) is 3.04. The Kier molecular flexibility index (Phi) is 4.68. The SMILES string of the molecule is COC(=O)c1cc(N)ccc1C#CCCCl. The van der Waals surface area contributed by atoms with Crippen molar-refractivity contribution in [3.8, 4) is 11.8 Å². The molecule has 0 heterocycles. The van der Waals surface area contributed by atoms with Gasteiger partial charge >= 0.3 is 5.97 Å². The highest BCUT2D eigenvalue weighted by molar-refractivity contribution is 6.18. The third kappa shape index (κ3) is 3.18. The van der Waals surface area contributed by atoms with Gasteiger partial charge in [-0.05, 0) is 18.2 Å². The number of benzene rings is 1. The molecular formula is C12H12ClNO2. The van der Waals surface area contributed by atoms with E-state index in [1.54, 1.807) is 18.2 Å². The number of nitrogens with two attached hydrogens (primary N) is 1. The van der Waals surface area contributed by atoms with Crippen LogP contribution in [0, 0.1) is 11.8 Å². The third-order valence-electron chi connectivity index (χ3n) is 1.89. The molecule has 0 bridgehead atoms. The van der Waals surface area contributed by atoms with Crippen LogP contribution in [0.25, 0.3) is 0 Å². The number of nitrogen functional groups attached to an aromatic ring is 1. The van der Waals surface area contributed by atoms with Gasteiger partial charge in [0.05, 0.1) is 12.7 Å². The fourth-order valence-electron chi connectivity index (χ4n) is 1.15. The molecule has 1 aromatic carbocycles. The summed E-state index contributed by atoms with van der Waals surface area (Å²) in [5, 5.41) is 0. The summed E-state index contributed by atoms with van der Waals surface area (Å²) in [6, 6.07) is 4.94. The molecule has 16 heavy (non-hydrogen) atoms. The van der Waals surface area contributed by atoms with Crippen molar-refractivity contribution >= 4 is 23.3 Å². The van der Waals surface area contributed by atoms with Gasteiger partial charge in [-0.15, -0.1) is 11.6 Å². The number of halogens is 1. The molecule has 0 atom stereocenters. The average molecular weight is 238 g/mol. The summed E-state index contributed by atoms with van der Waals surface area (Å²) in [4.78, 5) is 11.4. The number of hydrogen-bond donors (Lipinski definition) is 1. The maximum Gasteiger partial charge on any atom is 0.339 e. The van der Waals surface area contributed by atoms with Crippen molar-refractivity contribution in [2.75, 3.05) is 18.7 Å². The molecular weight excluding hydrogens is 226 g/mol. The van der Waals surface area contributed by atoms with Crippen molar-refractivity contribution in [3.05, 3.63) is 29.3 Å². The minimum absolute atomic E-state index is 0.379. The maximum atomic E-state index is 11.4. The molecule has 0 fully saturated rings. The van der Waals surface area contributed by atoms with E-state index in [9.17, 15) is 4.79 Å². The summed E-state index contributed by atoms with van der Waals surface area (Å²) in [6.07, 6.45) is 0.576. The second-order valence-corrected chi connectivity index (χ2v) is 3.42. The molecule has 0 saturated heterocycles. The van der Waals surface area contributed by atoms with Gasteiger partial charge in [-0.25, -0.2) is 4.79 Å². The van der Waals surface area contributed by atoms with E-state index in [1.165, 1.54) is 7.11 Å². The van der Waals surface area contributed by atoms with Crippen LogP contribution in [0.1, 0.15) is 22.3 Å². The van der Waals surface area contributed by atoms with Gasteiger partial charge in [0.2, 0.25) is 0 Å². The lowest BCUT2D eigenvalue weighted by molar-refractivity contribution is 0.0600. The monoisotopic (exact) mass is 237 g/mol. The van der Waals surface area contributed by atoms with Crippen LogP contribution in [-0.2, 0) is 4.74 Å². The lowest BCUT2D eigenvalue weighted by atomic mass is 10.1. The van der Waals surface area contributed by atoms with Crippen LogP contribution in [0.4, 0.5) is 5.69 Å². The maximum absolute atomic E-state index is 11.4. The highest BCUT2D eigenvalue weighted by atomic mass is 35.5. The number of carbonyl (C=O) groups is 1. The first-order chi connectivity index (χ1) is 7.69. The van der Waals surface area contributed by atoms with Crippen LogP contribution in [0.2, 0.25) is 0 Å². The van der Waals surface area contributed by atoms with Gasteiger partial charge in [0.25, 0.3) is 0 Å². The first-order valence-electron chi connectivity index (χ1n) is 4.71. The fraction of sp³-hybridized carbons (Fsp3) is 0.250. The number of ether oxygens (including phenoxy) is 1. The largest absolute Gasteiger partial charge is 0.465 e. The molecule has 0 aliphatic heterocycles. The lowest BCUT2D eigenvalue weighted by Crippen LogP contribution is -2.05. The standard InChI is InChI=1S/C12H12ClNO2/c1-16-12(15)11-8-10(14)6-5-9(11)4-2-3-7-13/h5-6,8H,3,7,14H2,1H3. The van der Waals surface area contributed by atoms with E-state index in [4.69, 9.17) is 17.3 Å². The molecule has 0 aliphatic rings. The molecule has 0 spiro atoms. The third-order valence-corrected chi connectivity index (χ3v) is 2.08. The van der Waals surface area contributed by atoms with Gasteiger partial charge in [-0.3, -0.25) is 0 Å². The highest BCUT2D eigenvalue weighted by Crippen LogP contribution is 2.13. The van der Waals surface area contributed by atoms with Crippen LogP contribution in [0.3, 0.4) is 0 Å². The number of alkyl halides is 1. The van der Waals surface area contributed by atoms with E-state index in [-0.39, 0.29) is 0 Å². The minimum Gasteiger partial charge on any atom is -0.465 e. The van der Waals surface area contributed by atoms with Gasteiger partial charge in [0.1, 0.15) is 0 Å². The molecule has 2 N–H and O–H groups in total. The van der Waals surface area contributed by atoms with Crippen LogP contribution in [0.5, 0.6) is 0 Å². The first kappa shape index (κ1) is 12.4. The zero-order valence-electron chi connectivity index (χ0n) is 8.92. The van der Waals surface area contributed by atoms with Crippen molar-refractivity contribution in [1.82, 2.24) is 0 Å². The second kappa shape index (κ2) is 6.04. The Morgan fingerprint density at radius 3 is 2.94 bits per heavy atom. The van der Waals surface area contributed by atoms with Crippen LogP contribution < -0.4 is 5.73 Å². The van der Waals surface area contributed by atoms with Gasteiger partial charge < -0.3 is 10.5 Å². The van der Waals surface area contributed by atoms with Crippen LogP contribution in [-0.4, -0.2) is 19.0 Å². The molecule has 3 nitrogen and oxygen atoms in total. The normalized spacial score (nSPS) is 9.12. The Morgan fingerprint density at radius 1 is 1.56 bits per heavy atom. The molecule has 0 aliphatic carbocycles. The number of rotatable bonds is 2. The number of carbonyl (C=O) groups excluding carboxylic acids is 1. The fourth-order valence-corrected chi connectivity index (χ4v) is 1.25. The van der Waals surface area contributed by atoms with E-state index in [1.807, 2.05) is 0 Å². The quantitative estimate of drug-likeness (QED) is 0.371. The summed E-state index contributed by atoms with van der Waals surface area (Å²) in [7, 11) is 1.32. The van der Waals surface area contributed by atoms with Crippen molar-refractivity contribution < 1.29 is 9.53 Å². The van der Waals surface area contributed by atoms with E-state index in [2.05, 4.69) is 16.6 Å². The summed E-state index contributed by atoms with van der Waals surface area (Å²) in [6.45, 7) is 0. The predicted molar refractivity (Wildman–Crippen MR) is 64.4 cm³/mol. The predicted octanol–water partition coefficient (Wildman–Crippen LogP) is 2.04. The molecule has 4 heteroatoms. The first-order valence-corrected chi connectivity index (χ1v) is 5.25. The van der Waals surface area contributed by atoms with Crippen LogP contribution >= 0.6 is 11.6 Å². The topological polar surface area (TPSA) is 52.3 Å². The Labute approximate surface area is 99.5 Å². The molecule has 0 saturated carbocycles. The molecule has 0 amide bonds. The van der Waals surface area contributed by atoms with Crippen LogP contribution in [0.15, 0.2) is 18.2 Å². The summed E-state index contributed by atoms with van der Waals surface area (Å²) < 4.78 is 4.65. The van der Waals surface area contributed by atoms with Crippen molar-refractivity contribution in [3.63, 3.8) is 0 Å². The molecule has 84 valence electrons. The molecule has 0 aromatic heterocycles. The zero-order valence-corrected chi connectivity index (χ0v) is 9.67. The summed E-state index contributed by atoms with van der Waals surface area (Å²) in [5.74, 6) is 5.75. The van der Waals surface area contributed by atoms with Crippen molar-refractivity contribution in [1.29, 1.82) is 0 Å². The van der Waals surface area contributed by atoms with Gasteiger partial charge in [0.15, 0.2) is 0 Å². The van der Waals surface area contributed by atoms with E-state index < -0.39 is 5.97 Å². The van der Waals surface area contributed by atoms with Gasteiger partial charge in [0, 0.05) is 23.6 Å².